The number of benzene rings is 2. The Bertz CT molecular complexity index is 1150. The van der Waals surface area contributed by atoms with Gasteiger partial charge in [0, 0.05) is 27.9 Å². The minimum Gasteiger partial charge on any atom is -0.539 e. The van der Waals surface area contributed by atoms with E-state index in [0.717, 1.165) is 16.7 Å². The van der Waals surface area contributed by atoms with Crippen molar-refractivity contribution in [1.29, 1.82) is 0 Å². The van der Waals surface area contributed by atoms with E-state index in [4.69, 9.17) is 14.7 Å². The van der Waals surface area contributed by atoms with Gasteiger partial charge in [0.15, 0.2) is 0 Å². The molecular formula is C20H17BN2O2. The molecule has 2 aromatic carbocycles. The van der Waals surface area contributed by atoms with Crippen LogP contribution in [0.3, 0.4) is 0 Å². The molecule has 0 fully saturated rings. The van der Waals surface area contributed by atoms with Gasteiger partial charge in [0.1, 0.15) is 11.6 Å². The first-order chi connectivity index (χ1) is 12.1. The highest BCUT2D eigenvalue weighted by Crippen LogP contribution is 2.46. The zero-order chi connectivity index (χ0) is 17.2. The van der Waals surface area contributed by atoms with Gasteiger partial charge in [-0.15, -0.1) is 0 Å². The Morgan fingerprint density at radius 1 is 1.04 bits per heavy atom. The molecule has 0 saturated carbocycles. The maximum absolute atomic E-state index is 9.07. The first kappa shape index (κ1) is 14.5. The highest BCUT2D eigenvalue weighted by atomic mass is 16.5. The van der Waals surface area contributed by atoms with E-state index >= 15 is 0 Å². The van der Waals surface area contributed by atoms with Crippen LogP contribution in [0.5, 0.6) is 5.75 Å². The van der Waals surface area contributed by atoms with Crippen LogP contribution in [0.25, 0.3) is 27.6 Å². The lowest BCUT2D eigenvalue weighted by molar-refractivity contribution is 0.454. The van der Waals surface area contributed by atoms with Crippen molar-refractivity contribution in [2.75, 3.05) is 0 Å². The second-order valence-corrected chi connectivity index (χ2v) is 6.99. The van der Waals surface area contributed by atoms with Gasteiger partial charge in [0.2, 0.25) is 0 Å². The van der Waals surface area contributed by atoms with Crippen LogP contribution < -0.4 is 4.65 Å². The van der Waals surface area contributed by atoms with Gasteiger partial charge in [0.05, 0.1) is 11.0 Å². The summed E-state index contributed by atoms with van der Waals surface area (Å²) in [6, 6.07) is 16.6. The molecule has 2 aromatic heterocycles. The number of hydrogen-bond acceptors (Lipinski definition) is 3. The number of hydrogen-bond donors (Lipinski definition) is 1. The van der Waals surface area contributed by atoms with Gasteiger partial charge in [-0.25, -0.2) is 4.98 Å². The average Bonchev–Trinajstić information content (AvgIpc) is 2.95. The van der Waals surface area contributed by atoms with E-state index in [2.05, 4.69) is 42.7 Å². The first-order valence-corrected chi connectivity index (χ1v) is 8.40. The number of fused-ring (bicyclic) bond motifs is 5. The Kier molecular flexibility index (Phi) is 2.83. The Morgan fingerprint density at radius 3 is 2.72 bits per heavy atom. The van der Waals surface area contributed by atoms with Gasteiger partial charge in [-0.05, 0) is 29.8 Å². The van der Waals surface area contributed by atoms with E-state index < -0.39 is 0 Å². The molecule has 1 aliphatic heterocycles. The fourth-order valence-corrected chi connectivity index (χ4v) is 4.14. The predicted octanol–water partition coefficient (Wildman–Crippen LogP) is 3.46. The quantitative estimate of drug-likeness (QED) is 0.573. The molecule has 1 aliphatic rings. The summed E-state index contributed by atoms with van der Waals surface area (Å²) >= 11 is 0. The SMILES string of the molecule is CC1(C)c2cccnc2-n2c3ccc(OBO)cc3c3cccc1c32. The summed E-state index contributed by atoms with van der Waals surface area (Å²) in [7, 11) is -0.327. The van der Waals surface area contributed by atoms with E-state index in [-0.39, 0.29) is 13.1 Å². The lowest BCUT2D eigenvalue weighted by Gasteiger charge is -2.33. The highest BCUT2D eigenvalue weighted by molar-refractivity contribution is 6.18. The van der Waals surface area contributed by atoms with Gasteiger partial charge in [0.25, 0.3) is 0 Å². The summed E-state index contributed by atoms with van der Waals surface area (Å²) in [6.45, 7) is 4.51. The van der Waals surface area contributed by atoms with Crippen molar-refractivity contribution in [2.24, 2.45) is 0 Å². The lowest BCUT2D eigenvalue weighted by Crippen LogP contribution is -2.26. The third kappa shape index (κ3) is 1.79. The number of nitrogens with zero attached hydrogens (tertiary/aromatic N) is 2. The molecule has 0 saturated heterocycles. The number of aromatic nitrogens is 2. The number of rotatable bonds is 2. The predicted molar refractivity (Wildman–Crippen MR) is 101 cm³/mol. The molecule has 0 spiro atoms. The second kappa shape index (κ2) is 4.86. The summed E-state index contributed by atoms with van der Waals surface area (Å²) in [5.41, 5.74) is 4.71. The van der Waals surface area contributed by atoms with Crippen LogP contribution in [0.1, 0.15) is 25.0 Å². The molecule has 25 heavy (non-hydrogen) atoms. The van der Waals surface area contributed by atoms with Gasteiger partial charge in [-0.3, -0.25) is 4.57 Å². The summed E-state index contributed by atoms with van der Waals surface area (Å²) in [5, 5.41) is 11.4. The standard InChI is InChI=1S/C20H17BN2O2/c1-20(2)15-6-3-5-13-14-11-12(25-21-24)8-9-17(14)23(18(13)15)19-16(20)7-4-10-22-19/h3-11,21,24H,1-2H3. The second-order valence-electron chi connectivity index (χ2n) is 6.99. The van der Waals surface area contributed by atoms with E-state index in [0.29, 0.717) is 5.75 Å². The normalized spacial score (nSPS) is 14.5. The smallest absolute Gasteiger partial charge is 0.504 e. The third-order valence-electron chi connectivity index (χ3n) is 5.34. The molecule has 4 aromatic rings. The average molecular weight is 328 g/mol. The molecule has 0 radical (unpaired) electrons. The Labute approximate surface area is 146 Å². The number of para-hydroxylation sites is 1. The van der Waals surface area contributed by atoms with Crippen molar-refractivity contribution < 1.29 is 9.68 Å². The summed E-state index contributed by atoms with van der Waals surface area (Å²) in [6.07, 6.45) is 1.85. The zero-order valence-corrected chi connectivity index (χ0v) is 14.2. The Balaban J connectivity index is 2.00. The topological polar surface area (TPSA) is 47.3 Å². The van der Waals surface area contributed by atoms with Crippen molar-refractivity contribution in [3.63, 3.8) is 0 Å². The Morgan fingerprint density at radius 2 is 1.88 bits per heavy atom. The summed E-state index contributed by atoms with van der Waals surface area (Å²) < 4.78 is 7.55. The minimum atomic E-state index is -0.327. The highest BCUT2D eigenvalue weighted by Gasteiger charge is 2.35. The monoisotopic (exact) mass is 328 g/mol. The van der Waals surface area contributed by atoms with Crippen molar-refractivity contribution in [3.8, 4) is 11.6 Å². The van der Waals surface area contributed by atoms with Crippen LogP contribution >= 0.6 is 0 Å². The van der Waals surface area contributed by atoms with Crippen molar-refractivity contribution in [2.45, 2.75) is 19.3 Å². The first-order valence-electron chi connectivity index (χ1n) is 8.40. The van der Waals surface area contributed by atoms with Crippen LogP contribution in [0.2, 0.25) is 0 Å². The maximum atomic E-state index is 9.07. The van der Waals surface area contributed by atoms with Crippen molar-refractivity contribution in [1.82, 2.24) is 9.55 Å². The van der Waals surface area contributed by atoms with Crippen LogP contribution in [0.15, 0.2) is 54.7 Å². The van der Waals surface area contributed by atoms with Crippen molar-refractivity contribution in [3.05, 3.63) is 65.9 Å². The largest absolute Gasteiger partial charge is 0.539 e. The van der Waals surface area contributed by atoms with E-state index in [9.17, 15) is 0 Å². The number of pyridine rings is 1. The molecule has 122 valence electrons. The van der Waals surface area contributed by atoms with Crippen LogP contribution in [0.4, 0.5) is 0 Å². The molecule has 5 rings (SSSR count). The molecule has 0 aliphatic carbocycles. The van der Waals surface area contributed by atoms with Gasteiger partial charge in [-0.2, -0.15) is 0 Å². The van der Waals surface area contributed by atoms with E-state index in [1.165, 1.54) is 22.0 Å². The molecule has 1 N–H and O–H groups in total. The molecule has 3 heterocycles. The maximum Gasteiger partial charge on any atom is 0.504 e. The fourth-order valence-electron chi connectivity index (χ4n) is 4.14. The minimum absolute atomic E-state index is 0.113. The third-order valence-corrected chi connectivity index (χ3v) is 5.34. The molecule has 0 atom stereocenters. The summed E-state index contributed by atoms with van der Waals surface area (Å²) in [5.74, 6) is 1.65. The Hall–Kier alpha value is -2.79. The van der Waals surface area contributed by atoms with E-state index in [1.54, 1.807) is 0 Å². The van der Waals surface area contributed by atoms with Crippen LogP contribution in [-0.4, -0.2) is 22.3 Å². The summed E-state index contributed by atoms with van der Waals surface area (Å²) in [4.78, 5) is 4.71. The van der Waals surface area contributed by atoms with Crippen LogP contribution in [-0.2, 0) is 5.41 Å². The van der Waals surface area contributed by atoms with Gasteiger partial charge in [-0.1, -0.05) is 38.1 Å². The molecule has 4 nitrogen and oxygen atoms in total. The van der Waals surface area contributed by atoms with Crippen molar-refractivity contribution >= 4 is 29.5 Å². The van der Waals surface area contributed by atoms with E-state index in [1.807, 2.05) is 30.5 Å². The molecule has 0 amide bonds. The molecular weight excluding hydrogens is 311 g/mol. The van der Waals surface area contributed by atoms with Gasteiger partial charge < -0.3 is 9.68 Å². The zero-order valence-electron chi connectivity index (χ0n) is 14.2. The van der Waals surface area contributed by atoms with Gasteiger partial charge >= 0.3 is 7.69 Å². The molecule has 5 heteroatoms. The van der Waals surface area contributed by atoms with Crippen LogP contribution in [0, 0.1) is 0 Å². The lowest BCUT2D eigenvalue weighted by atomic mass is 9.76. The molecule has 0 unspecified atom stereocenters. The molecule has 0 bridgehead atoms. The fraction of sp³-hybridized carbons (Fsp3) is 0.150.